The Morgan fingerprint density at radius 3 is 2.07 bits per heavy atom. The molecule has 7 nitrogen and oxygen atoms in total. The van der Waals surface area contributed by atoms with Gasteiger partial charge in [0.2, 0.25) is 0 Å². The maximum Gasteiger partial charge on any atom is 0.269 e. The summed E-state index contributed by atoms with van der Waals surface area (Å²) in [4.78, 5) is 8.78. The standard InChI is InChI=1S/C54H38N6O/c1-33-18-21-48-43(24-33)42-20-19-38(31-51(42)59(48)52-25-34(22-23-56-52)54(2,3)4)61-39-27-35(55-5)26-36(28-39)57-32-58(50-17-11-10-16-49(50)57)37-29-44-40-12-6-8-14-46(40)60-47-15-9-7-13-41(47)45(30-37)53(44)60/h6-31H,1-4H3. The molecule has 0 bridgehead atoms. The SMILES string of the molecule is [C-]#[N+]c1cc(Oc2ccc3c4cc(C)ccc4n(-c4cc(C(C)(C)C)ccn4)c3c2)cc(-n2[c-][n+](-c3cc4c5ccccc5n5c6ccccc6c(c3)c45)c3ccccc32)c1. The minimum Gasteiger partial charge on any atom is -0.459 e. The normalized spacial score (nSPS) is 12.2. The summed E-state index contributed by atoms with van der Waals surface area (Å²) in [7, 11) is 0. The predicted molar refractivity (Wildman–Crippen MR) is 247 cm³/mol. The van der Waals surface area contributed by atoms with Crippen molar-refractivity contribution < 1.29 is 9.30 Å². The van der Waals surface area contributed by atoms with Crippen molar-refractivity contribution in [2.45, 2.75) is 33.1 Å². The van der Waals surface area contributed by atoms with Gasteiger partial charge in [0.15, 0.2) is 5.69 Å². The fourth-order valence-corrected chi connectivity index (χ4v) is 9.40. The number of hydrogen-bond donors (Lipinski definition) is 0. The van der Waals surface area contributed by atoms with Crippen molar-refractivity contribution in [3.8, 4) is 28.7 Å². The van der Waals surface area contributed by atoms with Crippen molar-refractivity contribution in [2.75, 3.05) is 0 Å². The lowest BCUT2D eigenvalue weighted by Crippen LogP contribution is -2.29. The molecular weight excluding hydrogens is 749 g/mol. The Kier molecular flexibility index (Phi) is 7.34. The van der Waals surface area contributed by atoms with E-state index in [1.54, 1.807) is 6.07 Å². The van der Waals surface area contributed by atoms with Crippen molar-refractivity contribution in [2.24, 2.45) is 0 Å². The van der Waals surface area contributed by atoms with Gasteiger partial charge in [0.25, 0.3) is 6.33 Å². The summed E-state index contributed by atoms with van der Waals surface area (Å²) in [6.07, 6.45) is 5.60. The van der Waals surface area contributed by atoms with Gasteiger partial charge in [-0.25, -0.2) is 9.83 Å². The van der Waals surface area contributed by atoms with Crippen LogP contribution in [0.5, 0.6) is 11.5 Å². The van der Waals surface area contributed by atoms with Crippen molar-refractivity contribution in [3.63, 3.8) is 0 Å². The monoisotopic (exact) mass is 786 g/mol. The van der Waals surface area contributed by atoms with Crippen LogP contribution in [0.4, 0.5) is 5.69 Å². The molecule has 0 N–H and O–H groups in total. The number of rotatable bonds is 5. The highest BCUT2D eigenvalue weighted by atomic mass is 16.5. The average molecular weight is 787 g/mol. The number of aromatic nitrogens is 5. The van der Waals surface area contributed by atoms with E-state index in [0.29, 0.717) is 17.2 Å². The molecule has 0 saturated heterocycles. The Hall–Kier alpha value is -7.95. The first-order valence-electron chi connectivity index (χ1n) is 20.6. The van der Waals surface area contributed by atoms with Crippen LogP contribution in [0, 0.1) is 19.8 Å². The molecule has 0 amide bonds. The quantitative estimate of drug-likeness (QED) is 0.129. The summed E-state index contributed by atoms with van der Waals surface area (Å²) in [6, 6.07) is 53.0. The van der Waals surface area contributed by atoms with Gasteiger partial charge in [-0.2, -0.15) is 0 Å². The minimum atomic E-state index is -0.0350. The number of fused-ring (bicyclic) bond motifs is 10. The molecule has 0 radical (unpaired) electrons. The van der Waals surface area contributed by atoms with E-state index in [0.717, 1.165) is 50.0 Å². The van der Waals surface area contributed by atoms with Gasteiger partial charge >= 0.3 is 0 Å². The molecule has 0 spiro atoms. The molecule has 5 aromatic heterocycles. The molecule has 0 fully saturated rings. The third kappa shape index (κ3) is 5.29. The third-order valence-electron chi connectivity index (χ3n) is 12.2. The Morgan fingerprint density at radius 2 is 1.33 bits per heavy atom. The van der Waals surface area contributed by atoms with Crippen LogP contribution in [0.1, 0.15) is 31.9 Å². The average Bonchev–Trinajstić information content (AvgIpc) is 4.01. The zero-order valence-electron chi connectivity index (χ0n) is 34.1. The van der Waals surface area contributed by atoms with Crippen molar-refractivity contribution in [1.29, 1.82) is 0 Å². The molecule has 5 heterocycles. The zero-order valence-corrected chi connectivity index (χ0v) is 34.1. The molecule has 290 valence electrons. The van der Waals surface area contributed by atoms with Gasteiger partial charge in [-0.1, -0.05) is 93.1 Å². The third-order valence-corrected chi connectivity index (χ3v) is 12.2. The largest absolute Gasteiger partial charge is 0.459 e. The van der Waals surface area contributed by atoms with E-state index in [4.69, 9.17) is 16.3 Å². The zero-order chi connectivity index (χ0) is 41.1. The number of ether oxygens (including phenoxy) is 1. The Balaban J connectivity index is 1.00. The van der Waals surface area contributed by atoms with Gasteiger partial charge in [0.05, 0.1) is 56.6 Å². The highest BCUT2D eigenvalue weighted by Crippen LogP contribution is 2.41. The van der Waals surface area contributed by atoms with Crippen LogP contribution in [-0.2, 0) is 5.41 Å². The number of hydrogen-bond acceptors (Lipinski definition) is 2. The number of para-hydroxylation sites is 4. The summed E-state index contributed by atoms with van der Waals surface area (Å²) in [5.41, 5.74) is 12.3. The van der Waals surface area contributed by atoms with Gasteiger partial charge in [-0.15, -0.1) is 0 Å². The van der Waals surface area contributed by atoms with Crippen molar-refractivity contribution >= 4 is 76.6 Å². The molecule has 61 heavy (non-hydrogen) atoms. The molecule has 7 aromatic carbocycles. The number of nitrogens with zero attached hydrogens (tertiary/aromatic N) is 6. The Labute approximate surface area is 351 Å². The number of benzene rings is 7. The first-order chi connectivity index (χ1) is 29.7. The molecule has 7 heteroatoms. The molecule has 0 saturated carbocycles. The fourth-order valence-electron chi connectivity index (χ4n) is 9.40. The van der Waals surface area contributed by atoms with E-state index in [1.165, 1.54) is 49.2 Å². The van der Waals surface area contributed by atoms with E-state index in [2.05, 4.69) is 174 Å². The number of pyridine rings is 1. The molecular formula is C54H38N6O. The lowest BCUT2D eigenvalue weighted by atomic mass is 9.88. The second kappa shape index (κ2) is 12.8. The van der Waals surface area contributed by atoms with E-state index < -0.39 is 0 Å². The molecule has 0 aliphatic carbocycles. The summed E-state index contributed by atoms with van der Waals surface area (Å²) in [5, 5.41) is 7.11. The van der Waals surface area contributed by atoms with Gasteiger partial charge in [-0.3, -0.25) is 13.7 Å². The Bertz CT molecular complexity index is 3730. The number of aryl methyl sites for hydroxylation is 1. The molecule has 0 unspecified atom stereocenters. The van der Waals surface area contributed by atoms with Crippen molar-refractivity contribution in [3.05, 3.63) is 187 Å². The molecule has 0 aliphatic rings. The van der Waals surface area contributed by atoms with E-state index >= 15 is 0 Å². The first-order valence-corrected chi connectivity index (χ1v) is 20.6. The number of imidazole rings is 1. The summed E-state index contributed by atoms with van der Waals surface area (Å²) < 4.78 is 15.5. The highest BCUT2D eigenvalue weighted by molar-refractivity contribution is 6.23. The Morgan fingerprint density at radius 1 is 0.623 bits per heavy atom. The predicted octanol–water partition coefficient (Wildman–Crippen LogP) is 13.3. The van der Waals surface area contributed by atoms with E-state index in [1.807, 2.05) is 35.0 Å². The molecule has 12 rings (SSSR count). The minimum absolute atomic E-state index is 0.0350. The second-order valence-electron chi connectivity index (χ2n) is 17.1. The maximum atomic E-state index is 8.12. The van der Waals surface area contributed by atoms with Gasteiger partial charge < -0.3 is 9.14 Å². The lowest BCUT2D eigenvalue weighted by molar-refractivity contribution is -0.572. The van der Waals surface area contributed by atoms with Gasteiger partial charge in [0.1, 0.15) is 17.3 Å². The summed E-state index contributed by atoms with van der Waals surface area (Å²) >= 11 is 0. The van der Waals surface area contributed by atoms with Crippen LogP contribution in [-0.4, -0.2) is 18.5 Å². The van der Waals surface area contributed by atoms with Crippen LogP contribution >= 0.6 is 0 Å². The first kappa shape index (κ1) is 35.0. The van der Waals surface area contributed by atoms with Crippen molar-refractivity contribution in [1.82, 2.24) is 18.5 Å². The van der Waals surface area contributed by atoms with Gasteiger partial charge in [-0.05, 0) is 96.8 Å². The maximum absolute atomic E-state index is 8.12. The molecule has 12 aromatic rings. The van der Waals surface area contributed by atoms with E-state index in [-0.39, 0.29) is 5.41 Å². The molecule has 0 aliphatic heterocycles. The highest BCUT2D eigenvalue weighted by Gasteiger charge is 2.22. The fraction of sp³-hybridized carbons (Fsp3) is 0.0926. The van der Waals surface area contributed by atoms with E-state index in [9.17, 15) is 0 Å². The smallest absolute Gasteiger partial charge is 0.269 e. The van der Waals surface area contributed by atoms with Gasteiger partial charge in [0, 0.05) is 44.6 Å². The molecule has 0 atom stereocenters. The second-order valence-corrected chi connectivity index (χ2v) is 17.1. The van der Waals surface area contributed by atoms with Crippen LogP contribution in [0.15, 0.2) is 158 Å². The van der Waals surface area contributed by atoms with Crippen LogP contribution in [0.25, 0.3) is 93.0 Å². The van der Waals surface area contributed by atoms with Crippen LogP contribution in [0.2, 0.25) is 0 Å². The summed E-state index contributed by atoms with van der Waals surface area (Å²) in [5.74, 6) is 2.08. The van der Waals surface area contributed by atoms with Crippen LogP contribution in [0.3, 0.4) is 0 Å². The topological polar surface area (TPSA) is 44.6 Å². The summed E-state index contributed by atoms with van der Waals surface area (Å²) in [6.45, 7) is 16.9. The van der Waals surface area contributed by atoms with Crippen LogP contribution < -0.4 is 9.30 Å². The lowest BCUT2D eigenvalue weighted by Gasteiger charge is -2.20.